The minimum atomic E-state index is 0.309. The maximum absolute atomic E-state index is 5.90. The van der Waals surface area contributed by atoms with Gasteiger partial charge in [-0.1, -0.05) is 24.3 Å². The number of anilines is 3. The van der Waals surface area contributed by atoms with Gasteiger partial charge in [0.05, 0.1) is 13.2 Å². The second-order valence-corrected chi connectivity index (χ2v) is 6.79. The van der Waals surface area contributed by atoms with Gasteiger partial charge < -0.3 is 20.7 Å². The summed E-state index contributed by atoms with van der Waals surface area (Å²) in [5.74, 6) is 1.97. The van der Waals surface area contributed by atoms with Crippen molar-refractivity contribution >= 4 is 17.6 Å². The van der Waals surface area contributed by atoms with E-state index in [0.717, 1.165) is 70.5 Å². The molecule has 0 bridgehead atoms. The predicted molar refractivity (Wildman–Crippen MR) is 103 cm³/mol. The van der Waals surface area contributed by atoms with Gasteiger partial charge in [-0.2, -0.15) is 9.97 Å². The van der Waals surface area contributed by atoms with Crippen molar-refractivity contribution in [2.45, 2.75) is 13.0 Å². The van der Waals surface area contributed by atoms with Crippen molar-refractivity contribution in [2.75, 3.05) is 61.9 Å². The average Bonchev–Trinajstić information content (AvgIpc) is 2.68. The van der Waals surface area contributed by atoms with Gasteiger partial charge >= 0.3 is 0 Å². The van der Waals surface area contributed by atoms with Gasteiger partial charge in [0.2, 0.25) is 5.95 Å². The van der Waals surface area contributed by atoms with Gasteiger partial charge in [0.25, 0.3) is 0 Å². The Labute approximate surface area is 154 Å². The van der Waals surface area contributed by atoms with Gasteiger partial charge in [-0.3, -0.25) is 4.90 Å². The number of rotatable bonds is 5. The van der Waals surface area contributed by atoms with Crippen molar-refractivity contribution in [3.05, 3.63) is 41.5 Å². The minimum Gasteiger partial charge on any atom is -0.378 e. The van der Waals surface area contributed by atoms with Crippen LogP contribution in [0.15, 0.2) is 30.3 Å². The van der Waals surface area contributed by atoms with E-state index < -0.39 is 0 Å². The van der Waals surface area contributed by atoms with Crippen LogP contribution in [0.25, 0.3) is 0 Å². The third-order valence-electron chi connectivity index (χ3n) is 5.01. The van der Waals surface area contributed by atoms with Crippen LogP contribution in [0.5, 0.6) is 0 Å². The van der Waals surface area contributed by atoms with Gasteiger partial charge in [0.15, 0.2) is 0 Å². The number of hydrogen-bond acceptors (Lipinski definition) is 7. The fourth-order valence-electron chi connectivity index (χ4n) is 3.58. The second-order valence-electron chi connectivity index (χ2n) is 6.79. The molecule has 26 heavy (non-hydrogen) atoms. The SMILES string of the molecule is Nc1nc(NCCN2CCc3ccccc3C2)cc(N2CCOCC2)n1. The summed E-state index contributed by atoms with van der Waals surface area (Å²) in [7, 11) is 0. The lowest BCUT2D eigenvalue weighted by molar-refractivity contribution is 0.122. The molecule has 0 atom stereocenters. The zero-order chi connectivity index (χ0) is 17.8. The summed E-state index contributed by atoms with van der Waals surface area (Å²) in [6.45, 7) is 7.05. The van der Waals surface area contributed by atoms with Crippen LogP contribution in [0.2, 0.25) is 0 Å². The molecule has 2 aliphatic rings. The summed E-state index contributed by atoms with van der Waals surface area (Å²) in [5.41, 5.74) is 8.83. The fourth-order valence-corrected chi connectivity index (χ4v) is 3.58. The van der Waals surface area contributed by atoms with Crippen LogP contribution in [0.3, 0.4) is 0 Å². The van der Waals surface area contributed by atoms with Crippen LogP contribution in [0, 0.1) is 0 Å². The summed E-state index contributed by atoms with van der Waals surface area (Å²) >= 11 is 0. The first-order valence-corrected chi connectivity index (χ1v) is 9.28. The first-order valence-electron chi connectivity index (χ1n) is 9.28. The Balaban J connectivity index is 1.33. The molecule has 1 aromatic carbocycles. The third-order valence-corrected chi connectivity index (χ3v) is 5.01. The van der Waals surface area contributed by atoms with Crippen molar-refractivity contribution < 1.29 is 4.74 Å². The number of nitrogens with zero attached hydrogens (tertiary/aromatic N) is 4. The van der Waals surface area contributed by atoms with Crippen LogP contribution >= 0.6 is 0 Å². The molecule has 7 nitrogen and oxygen atoms in total. The maximum atomic E-state index is 5.90. The van der Waals surface area contributed by atoms with Gasteiger partial charge in [0.1, 0.15) is 11.6 Å². The second kappa shape index (κ2) is 7.88. The van der Waals surface area contributed by atoms with Crippen molar-refractivity contribution in [3.8, 4) is 0 Å². The Morgan fingerprint density at radius 2 is 1.88 bits per heavy atom. The van der Waals surface area contributed by atoms with Gasteiger partial charge in [-0.25, -0.2) is 0 Å². The molecule has 3 heterocycles. The molecule has 0 spiro atoms. The van der Waals surface area contributed by atoms with E-state index in [4.69, 9.17) is 10.5 Å². The number of nitrogens with one attached hydrogen (secondary N) is 1. The lowest BCUT2D eigenvalue weighted by Crippen LogP contribution is -2.37. The highest BCUT2D eigenvalue weighted by Gasteiger charge is 2.16. The van der Waals surface area contributed by atoms with E-state index in [0.29, 0.717) is 5.95 Å². The smallest absolute Gasteiger partial charge is 0.223 e. The van der Waals surface area contributed by atoms with Gasteiger partial charge in [0, 0.05) is 45.3 Å². The molecule has 0 unspecified atom stereocenters. The normalized spacial score (nSPS) is 17.8. The number of morpholine rings is 1. The Morgan fingerprint density at radius 3 is 2.73 bits per heavy atom. The highest BCUT2D eigenvalue weighted by atomic mass is 16.5. The average molecular weight is 354 g/mol. The van der Waals surface area contributed by atoms with Crippen molar-refractivity contribution in [1.29, 1.82) is 0 Å². The summed E-state index contributed by atoms with van der Waals surface area (Å²) in [6, 6.07) is 10.7. The molecule has 0 aliphatic carbocycles. The minimum absolute atomic E-state index is 0.309. The summed E-state index contributed by atoms with van der Waals surface area (Å²) < 4.78 is 5.40. The lowest BCUT2D eigenvalue weighted by Gasteiger charge is -2.29. The molecule has 2 aromatic rings. The van der Waals surface area contributed by atoms with E-state index in [1.807, 2.05) is 6.07 Å². The number of hydrogen-bond donors (Lipinski definition) is 2. The Bertz CT molecular complexity index is 747. The fraction of sp³-hybridized carbons (Fsp3) is 0.474. The quantitative estimate of drug-likeness (QED) is 0.839. The van der Waals surface area contributed by atoms with E-state index in [1.165, 1.54) is 11.1 Å². The van der Waals surface area contributed by atoms with E-state index in [9.17, 15) is 0 Å². The molecule has 1 aromatic heterocycles. The molecule has 0 saturated carbocycles. The standard InChI is InChI=1S/C19H26N6O/c20-19-22-17(13-18(23-19)25-9-11-26-12-10-25)21-6-8-24-7-5-15-3-1-2-4-16(15)14-24/h1-4,13H,5-12,14H2,(H3,20,21,22,23). The lowest BCUT2D eigenvalue weighted by atomic mass is 10.00. The third kappa shape index (κ3) is 4.05. The van der Waals surface area contributed by atoms with E-state index >= 15 is 0 Å². The zero-order valence-corrected chi connectivity index (χ0v) is 15.0. The monoisotopic (exact) mass is 354 g/mol. The number of ether oxygens (including phenoxy) is 1. The van der Waals surface area contributed by atoms with Gasteiger partial charge in [-0.15, -0.1) is 0 Å². The van der Waals surface area contributed by atoms with Gasteiger partial charge in [-0.05, 0) is 17.5 Å². The van der Waals surface area contributed by atoms with Crippen LogP contribution < -0.4 is 16.0 Å². The molecule has 0 amide bonds. The van der Waals surface area contributed by atoms with E-state index in [2.05, 4.69) is 49.4 Å². The van der Waals surface area contributed by atoms with Crippen LogP contribution in [-0.4, -0.2) is 60.8 Å². The highest BCUT2D eigenvalue weighted by Crippen LogP contribution is 2.19. The number of aromatic nitrogens is 2. The van der Waals surface area contributed by atoms with Crippen molar-refractivity contribution in [1.82, 2.24) is 14.9 Å². The maximum Gasteiger partial charge on any atom is 0.223 e. The summed E-state index contributed by atoms with van der Waals surface area (Å²) in [5, 5.41) is 3.41. The molecule has 0 radical (unpaired) electrons. The zero-order valence-electron chi connectivity index (χ0n) is 15.0. The largest absolute Gasteiger partial charge is 0.378 e. The van der Waals surface area contributed by atoms with Crippen molar-refractivity contribution in [2.24, 2.45) is 0 Å². The number of benzene rings is 1. The van der Waals surface area contributed by atoms with Crippen molar-refractivity contribution in [3.63, 3.8) is 0 Å². The Hall–Kier alpha value is -2.38. The molecule has 3 N–H and O–H groups in total. The van der Waals surface area contributed by atoms with Crippen LogP contribution in [0.4, 0.5) is 17.6 Å². The number of nitrogen functional groups attached to an aromatic ring is 1. The molecular weight excluding hydrogens is 328 g/mol. The molecule has 4 rings (SSSR count). The first-order chi connectivity index (χ1) is 12.8. The summed E-state index contributed by atoms with van der Waals surface area (Å²) in [4.78, 5) is 13.4. The topological polar surface area (TPSA) is 79.5 Å². The molecule has 7 heteroatoms. The molecule has 138 valence electrons. The predicted octanol–water partition coefficient (Wildman–Crippen LogP) is 1.37. The molecule has 1 fully saturated rings. The summed E-state index contributed by atoms with van der Waals surface area (Å²) in [6.07, 6.45) is 1.12. The first kappa shape index (κ1) is 17.1. The Morgan fingerprint density at radius 1 is 1.08 bits per heavy atom. The molecule has 1 saturated heterocycles. The highest BCUT2D eigenvalue weighted by molar-refractivity contribution is 5.52. The van der Waals surface area contributed by atoms with E-state index in [-0.39, 0.29) is 0 Å². The molecular formula is C19H26N6O. The van der Waals surface area contributed by atoms with E-state index in [1.54, 1.807) is 0 Å². The molecule has 2 aliphatic heterocycles. The van der Waals surface area contributed by atoms with Crippen LogP contribution in [0.1, 0.15) is 11.1 Å². The Kier molecular flexibility index (Phi) is 5.17. The number of nitrogens with two attached hydrogens (primary N) is 1. The van der Waals surface area contributed by atoms with Crippen LogP contribution in [-0.2, 0) is 17.7 Å². The number of fused-ring (bicyclic) bond motifs is 1.